The molecule has 4 nitrogen and oxygen atoms in total. The summed E-state index contributed by atoms with van der Waals surface area (Å²) in [6.45, 7) is 3.02. The number of likely N-dealkylation sites (N-methyl/N-ethyl adjacent to an activating group) is 1. The van der Waals surface area contributed by atoms with Crippen LogP contribution in [0.2, 0.25) is 0 Å². The Labute approximate surface area is 115 Å². The second-order valence-corrected chi connectivity index (χ2v) is 4.80. The monoisotopic (exact) mass is 264 g/mol. The zero-order valence-electron chi connectivity index (χ0n) is 11.8. The van der Waals surface area contributed by atoms with E-state index in [1.54, 1.807) is 0 Å². The molecule has 0 aliphatic heterocycles. The summed E-state index contributed by atoms with van der Waals surface area (Å²) < 4.78 is 0. The summed E-state index contributed by atoms with van der Waals surface area (Å²) in [4.78, 5) is 14.1. The van der Waals surface area contributed by atoms with Crippen LogP contribution in [0.25, 0.3) is 0 Å². The molecule has 1 atom stereocenters. The second-order valence-electron chi connectivity index (χ2n) is 4.80. The Morgan fingerprint density at radius 1 is 1.26 bits per heavy atom. The molecule has 0 aliphatic carbocycles. The van der Waals surface area contributed by atoms with Crippen LogP contribution < -0.4 is 5.32 Å². The number of aliphatic hydroxyl groups is 1. The summed E-state index contributed by atoms with van der Waals surface area (Å²) in [6, 6.07) is 9.33. The van der Waals surface area contributed by atoms with Crippen LogP contribution in [0.15, 0.2) is 30.3 Å². The van der Waals surface area contributed by atoms with Crippen LogP contribution in [0.5, 0.6) is 0 Å². The molecule has 19 heavy (non-hydrogen) atoms. The highest BCUT2D eigenvalue weighted by atomic mass is 16.2. The molecule has 0 radical (unpaired) electrons. The van der Waals surface area contributed by atoms with E-state index >= 15 is 0 Å². The standard InChI is InChI=1S/C15H24N2O2/c1-13(17(2)11-7-4-8-12-18)15(19)16-14-9-5-3-6-10-14/h3,5-6,9-10,13,18H,4,7-8,11-12H2,1-2H3,(H,16,19). The Hall–Kier alpha value is -1.39. The van der Waals surface area contributed by atoms with Crippen LogP contribution >= 0.6 is 0 Å². The fourth-order valence-electron chi connectivity index (χ4n) is 1.81. The number of para-hydroxylation sites is 1. The first-order valence-corrected chi connectivity index (χ1v) is 6.82. The van der Waals surface area contributed by atoms with Crippen molar-refractivity contribution in [3.05, 3.63) is 30.3 Å². The number of nitrogens with one attached hydrogen (secondary N) is 1. The molecular weight excluding hydrogens is 240 g/mol. The Bertz CT molecular complexity index is 368. The van der Waals surface area contributed by atoms with E-state index in [2.05, 4.69) is 5.32 Å². The van der Waals surface area contributed by atoms with Gasteiger partial charge in [-0.25, -0.2) is 0 Å². The van der Waals surface area contributed by atoms with Gasteiger partial charge in [0.1, 0.15) is 0 Å². The van der Waals surface area contributed by atoms with Crippen molar-refractivity contribution < 1.29 is 9.90 Å². The van der Waals surface area contributed by atoms with Crippen molar-refractivity contribution in [2.24, 2.45) is 0 Å². The fraction of sp³-hybridized carbons (Fsp3) is 0.533. The number of carbonyl (C=O) groups is 1. The maximum absolute atomic E-state index is 12.0. The van der Waals surface area contributed by atoms with E-state index in [0.717, 1.165) is 31.5 Å². The maximum atomic E-state index is 12.0. The first-order valence-electron chi connectivity index (χ1n) is 6.82. The Kier molecular flexibility index (Phi) is 7.15. The van der Waals surface area contributed by atoms with Crippen LogP contribution in [0.4, 0.5) is 5.69 Å². The molecule has 1 unspecified atom stereocenters. The number of nitrogens with zero attached hydrogens (tertiary/aromatic N) is 1. The summed E-state index contributed by atoms with van der Waals surface area (Å²) in [6.07, 6.45) is 2.83. The Morgan fingerprint density at radius 3 is 2.58 bits per heavy atom. The van der Waals surface area contributed by atoms with Crippen molar-refractivity contribution >= 4 is 11.6 Å². The van der Waals surface area contributed by atoms with Gasteiger partial charge < -0.3 is 10.4 Å². The molecule has 4 heteroatoms. The van der Waals surface area contributed by atoms with Crippen LogP contribution in [-0.4, -0.2) is 42.2 Å². The van der Waals surface area contributed by atoms with Crippen LogP contribution in [0, 0.1) is 0 Å². The van der Waals surface area contributed by atoms with Gasteiger partial charge in [-0.1, -0.05) is 18.2 Å². The van der Waals surface area contributed by atoms with Crippen molar-refractivity contribution in [3.63, 3.8) is 0 Å². The van der Waals surface area contributed by atoms with Crippen molar-refractivity contribution in [1.82, 2.24) is 4.90 Å². The highest BCUT2D eigenvalue weighted by molar-refractivity contribution is 5.94. The zero-order chi connectivity index (χ0) is 14.1. The predicted molar refractivity (Wildman–Crippen MR) is 78.1 cm³/mol. The number of aliphatic hydroxyl groups excluding tert-OH is 1. The number of rotatable bonds is 8. The molecule has 1 aromatic rings. The largest absolute Gasteiger partial charge is 0.396 e. The van der Waals surface area contributed by atoms with E-state index < -0.39 is 0 Å². The molecule has 1 aromatic carbocycles. The first-order chi connectivity index (χ1) is 9.15. The molecular formula is C15H24N2O2. The van der Waals surface area contributed by atoms with Crippen molar-refractivity contribution in [1.29, 1.82) is 0 Å². The molecule has 0 saturated heterocycles. The molecule has 0 fully saturated rings. The third-order valence-electron chi connectivity index (χ3n) is 3.25. The highest BCUT2D eigenvalue weighted by Crippen LogP contribution is 2.08. The van der Waals surface area contributed by atoms with E-state index in [-0.39, 0.29) is 18.6 Å². The van der Waals surface area contributed by atoms with Gasteiger partial charge in [0.05, 0.1) is 6.04 Å². The van der Waals surface area contributed by atoms with Crippen LogP contribution in [0.1, 0.15) is 26.2 Å². The molecule has 0 spiro atoms. The topological polar surface area (TPSA) is 52.6 Å². The van der Waals surface area contributed by atoms with E-state index in [0.29, 0.717) is 0 Å². The summed E-state index contributed by atoms with van der Waals surface area (Å²) in [5, 5.41) is 11.6. The van der Waals surface area contributed by atoms with E-state index in [1.807, 2.05) is 49.2 Å². The minimum Gasteiger partial charge on any atom is -0.396 e. The minimum absolute atomic E-state index is 0.0101. The SMILES string of the molecule is CC(C(=O)Nc1ccccc1)N(C)CCCCCO. The van der Waals surface area contributed by atoms with Gasteiger partial charge in [0.15, 0.2) is 0 Å². The first kappa shape index (κ1) is 15.7. The predicted octanol–water partition coefficient (Wildman–Crippen LogP) is 2.11. The van der Waals surface area contributed by atoms with Crippen LogP contribution in [-0.2, 0) is 4.79 Å². The lowest BCUT2D eigenvalue weighted by Gasteiger charge is -2.23. The van der Waals surface area contributed by atoms with Gasteiger partial charge in [-0.3, -0.25) is 9.69 Å². The number of hydrogen-bond acceptors (Lipinski definition) is 3. The molecule has 0 heterocycles. The summed E-state index contributed by atoms with van der Waals surface area (Å²) in [7, 11) is 1.95. The third kappa shape index (κ3) is 5.85. The number of benzene rings is 1. The molecule has 106 valence electrons. The normalized spacial score (nSPS) is 12.4. The number of hydrogen-bond donors (Lipinski definition) is 2. The third-order valence-corrected chi connectivity index (χ3v) is 3.25. The lowest BCUT2D eigenvalue weighted by Crippen LogP contribution is -2.40. The fourth-order valence-corrected chi connectivity index (χ4v) is 1.81. The van der Waals surface area contributed by atoms with Crippen molar-refractivity contribution in [2.45, 2.75) is 32.2 Å². The van der Waals surface area contributed by atoms with E-state index in [9.17, 15) is 4.79 Å². The summed E-state index contributed by atoms with van der Waals surface area (Å²) in [5.74, 6) is 0.0101. The quantitative estimate of drug-likeness (QED) is 0.707. The molecule has 2 N–H and O–H groups in total. The summed E-state index contributed by atoms with van der Waals surface area (Å²) in [5.41, 5.74) is 0.827. The van der Waals surface area contributed by atoms with E-state index in [1.165, 1.54) is 0 Å². The van der Waals surface area contributed by atoms with Gasteiger partial charge in [0, 0.05) is 12.3 Å². The number of amides is 1. The number of anilines is 1. The van der Waals surface area contributed by atoms with Crippen molar-refractivity contribution in [2.75, 3.05) is 25.5 Å². The maximum Gasteiger partial charge on any atom is 0.241 e. The van der Waals surface area contributed by atoms with Gasteiger partial charge in [0.2, 0.25) is 5.91 Å². The average Bonchev–Trinajstić information content (AvgIpc) is 2.43. The lowest BCUT2D eigenvalue weighted by atomic mass is 10.2. The van der Waals surface area contributed by atoms with Gasteiger partial charge in [-0.15, -0.1) is 0 Å². The zero-order valence-corrected chi connectivity index (χ0v) is 11.8. The minimum atomic E-state index is -0.158. The van der Waals surface area contributed by atoms with Gasteiger partial charge in [-0.2, -0.15) is 0 Å². The number of carbonyl (C=O) groups excluding carboxylic acids is 1. The molecule has 1 amide bonds. The second kappa shape index (κ2) is 8.67. The lowest BCUT2D eigenvalue weighted by molar-refractivity contribution is -0.120. The molecule has 0 bridgehead atoms. The smallest absolute Gasteiger partial charge is 0.241 e. The van der Waals surface area contributed by atoms with E-state index in [4.69, 9.17) is 5.11 Å². The number of unbranched alkanes of at least 4 members (excludes halogenated alkanes) is 2. The molecule has 1 rings (SSSR count). The average molecular weight is 264 g/mol. The molecule has 0 aliphatic rings. The summed E-state index contributed by atoms with van der Waals surface area (Å²) >= 11 is 0. The van der Waals surface area contributed by atoms with Crippen LogP contribution in [0.3, 0.4) is 0 Å². The van der Waals surface area contributed by atoms with Gasteiger partial charge in [0.25, 0.3) is 0 Å². The Balaban J connectivity index is 2.35. The highest BCUT2D eigenvalue weighted by Gasteiger charge is 2.17. The molecule has 0 aromatic heterocycles. The van der Waals surface area contributed by atoms with Crippen molar-refractivity contribution in [3.8, 4) is 0 Å². The molecule has 0 saturated carbocycles. The van der Waals surface area contributed by atoms with Gasteiger partial charge >= 0.3 is 0 Å². The Morgan fingerprint density at radius 2 is 1.95 bits per heavy atom. The van der Waals surface area contributed by atoms with Gasteiger partial charge in [-0.05, 0) is 51.9 Å².